The normalized spacial score (nSPS) is 11.1. The average molecular weight is 350 g/mol. The van der Waals surface area contributed by atoms with Crippen LogP contribution in [0.4, 0.5) is 0 Å². The van der Waals surface area contributed by atoms with Gasteiger partial charge in [-0.15, -0.1) is 0 Å². The summed E-state index contributed by atoms with van der Waals surface area (Å²) in [6.07, 6.45) is 3.18. The summed E-state index contributed by atoms with van der Waals surface area (Å²) in [5.41, 5.74) is 2.78. The molecular formula is C13H12BrN5S. The first kappa shape index (κ1) is 13.5. The summed E-state index contributed by atoms with van der Waals surface area (Å²) < 4.78 is 1.07. The summed E-state index contributed by atoms with van der Waals surface area (Å²) in [5, 5.41) is 4.06. The molecule has 1 aromatic carbocycles. The Kier molecular flexibility index (Phi) is 4.00. The van der Waals surface area contributed by atoms with Crippen LogP contribution in [0, 0.1) is 0 Å². The summed E-state index contributed by atoms with van der Waals surface area (Å²) >= 11 is 5.12. The van der Waals surface area contributed by atoms with E-state index in [0.29, 0.717) is 5.65 Å². The molecule has 0 saturated carbocycles. The first-order chi connectivity index (χ1) is 9.78. The Morgan fingerprint density at radius 1 is 1.30 bits per heavy atom. The third-order valence-corrected chi connectivity index (χ3v) is 4.40. The number of nitrogens with zero attached hydrogens (tertiary/aromatic N) is 3. The van der Waals surface area contributed by atoms with Gasteiger partial charge in [0.2, 0.25) is 0 Å². The lowest BCUT2D eigenvalue weighted by molar-refractivity contribution is 0.802. The molecule has 5 nitrogen and oxygen atoms in total. The number of aromatic amines is 1. The van der Waals surface area contributed by atoms with E-state index in [4.69, 9.17) is 0 Å². The van der Waals surface area contributed by atoms with Gasteiger partial charge in [0.1, 0.15) is 16.9 Å². The summed E-state index contributed by atoms with van der Waals surface area (Å²) in [4.78, 5) is 16.9. The molecule has 3 aromatic rings. The monoisotopic (exact) mass is 349 g/mol. The van der Waals surface area contributed by atoms with E-state index in [1.165, 1.54) is 5.56 Å². The molecule has 20 heavy (non-hydrogen) atoms. The Bertz CT molecular complexity index is 742. The lowest BCUT2D eigenvalue weighted by atomic mass is 10.2. The molecule has 0 amide bonds. The molecule has 0 aliphatic rings. The fourth-order valence-electron chi connectivity index (χ4n) is 1.90. The molecule has 0 radical (unpaired) electrons. The minimum Gasteiger partial charge on any atom is -0.341 e. The summed E-state index contributed by atoms with van der Waals surface area (Å²) in [5.74, 6) is 0. The van der Waals surface area contributed by atoms with Crippen molar-refractivity contribution in [1.29, 1.82) is 0 Å². The van der Waals surface area contributed by atoms with Crippen LogP contribution in [0.25, 0.3) is 11.2 Å². The summed E-state index contributed by atoms with van der Waals surface area (Å²) in [6, 6.07) is 6.24. The van der Waals surface area contributed by atoms with E-state index in [-0.39, 0.29) is 0 Å². The molecule has 3 rings (SSSR count). The number of H-pyrrole nitrogens is 1. The molecule has 2 aromatic heterocycles. The first-order valence-corrected chi connectivity index (χ1v) is 7.64. The van der Waals surface area contributed by atoms with E-state index < -0.39 is 0 Å². The SMILES string of the molecule is CNCc1cc(Br)ccc1Sc1ncnc2nc[nH]c12. The number of rotatable bonds is 4. The van der Waals surface area contributed by atoms with Crippen LogP contribution in [0.1, 0.15) is 5.56 Å². The zero-order valence-electron chi connectivity index (χ0n) is 10.7. The number of fused-ring (bicyclic) bond motifs is 1. The van der Waals surface area contributed by atoms with Gasteiger partial charge in [-0.05, 0) is 30.8 Å². The molecule has 0 bridgehead atoms. The Hall–Kier alpha value is -1.44. The van der Waals surface area contributed by atoms with E-state index in [9.17, 15) is 0 Å². The van der Waals surface area contributed by atoms with Crippen LogP contribution in [0.15, 0.2) is 45.2 Å². The molecule has 7 heteroatoms. The predicted molar refractivity (Wildman–Crippen MR) is 82.7 cm³/mol. The highest BCUT2D eigenvalue weighted by Gasteiger charge is 2.10. The molecule has 0 saturated heterocycles. The minimum atomic E-state index is 0.690. The standard InChI is InChI=1S/C13H12BrN5S/c1-15-5-8-4-9(14)2-3-10(8)20-13-11-12(17-6-16-11)18-7-19-13/h2-4,6-7,15H,5H2,1H3,(H,16,17,18,19). The van der Waals surface area contributed by atoms with Gasteiger partial charge in [-0.1, -0.05) is 27.7 Å². The fourth-order valence-corrected chi connectivity index (χ4v) is 3.27. The number of aromatic nitrogens is 4. The van der Waals surface area contributed by atoms with E-state index in [0.717, 1.165) is 26.5 Å². The Morgan fingerprint density at radius 3 is 3.05 bits per heavy atom. The van der Waals surface area contributed by atoms with Crippen molar-refractivity contribution in [3.63, 3.8) is 0 Å². The van der Waals surface area contributed by atoms with E-state index in [1.54, 1.807) is 24.4 Å². The van der Waals surface area contributed by atoms with Crippen LogP contribution in [0.2, 0.25) is 0 Å². The zero-order valence-corrected chi connectivity index (χ0v) is 13.1. The van der Waals surface area contributed by atoms with Crippen LogP contribution >= 0.6 is 27.7 Å². The average Bonchev–Trinajstić information content (AvgIpc) is 2.91. The minimum absolute atomic E-state index is 0.690. The first-order valence-electron chi connectivity index (χ1n) is 6.03. The lowest BCUT2D eigenvalue weighted by Gasteiger charge is -2.09. The summed E-state index contributed by atoms with van der Waals surface area (Å²) in [7, 11) is 1.94. The van der Waals surface area contributed by atoms with Crippen LogP contribution in [-0.4, -0.2) is 27.0 Å². The predicted octanol–water partition coefficient (Wildman–Crippen LogP) is 2.99. The van der Waals surface area contributed by atoms with Crippen molar-refractivity contribution in [3.8, 4) is 0 Å². The van der Waals surface area contributed by atoms with Gasteiger partial charge < -0.3 is 10.3 Å². The Labute approximate surface area is 128 Å². The van der Waals surface area contributed by atoms with Crippen molar-refractivity contribution in [3.05, 3.63) is 40.9 Å². The van der Waals surface area contributed by atoms with Gasteiger partial charge in [0.25, 0.3) is 0 Å². The highest BCUT2D eigenvalue weighted by Crippen LogP contribution is 2.33. The molecule has 0 aliphatic carbocycles. The second-order valence-electron chi connectivity index (χ2n) is 4.16. The van der Waals surface area contributed by atoms with Crippen molar-refractivity contribution in [2.24, 2.45) is 0 Å². The molecule has 2 heterocycles. The summed E-state index contributed by atoms with van der Waals surface area (Å²) in [6.45, 7) is 0.805. The molecule has 0 unspecified atom stereocenters. The number of imidazole rings is 1. The maximum Gasteiger partial charge on any atom is 0.181 e. The van der Waals surface area contributed by atoms with Gasteiger partial charge >= 0.3 is 0 Å². The molecule has 0 atom stereocenters. The van der Waals surface area contributed by atoms with Crippen LogP contribution < -0.4 is 5.32 Å². The maximum absolute atomic E-state index is 4.35. The van der Waals surface area contributed by atoms with Crippen LogP contribution in [0.3, 0.4) is 0 Å². The van der Waals surface area contributed by atoms with Crippen molar-refractivity contribution in [2.75, 3.05) is 7.05 Å². The number of benzene rings is 1. The molecular weight excluding hydrogens is 338 g/mol. The van der Waals surface area contributed by atoms with Gasteiger partial charge in [0, 0.05) is 15.9 Å². The quantitative estimate of drug-likeness (QED) is 0.708. The second-order valence-corrected chi connectivity index (χ2v) is 6.11. The van der Waals surface area contributed by atoms with Gasteiger partial charge in [-0.2, -0.15) is 0 Å². The lowest BCUT2D eigenvalue weighted by Crippen LogP contribution is -2.06. The molecule has 0 aliphatic heterocycles. The number of hydrogen-bond donors (Lipinski definition) is 2. The van der Waals surface area contributed by atoms with Gasteiger partial charge in [0.05, 0.1) is 6.33 Å². The van der Waals surface area contributed by atoms with Gasteiger partial charge in [-0.25, -0.2) is 15.0 Å². The van der Waals surface area contributed by atoms with E-state index in [2.05, 4.69) is 53.3 Å². The highest BCUT2D eigenvalue weighted by molar-refractivity contribution is 9.10. The molecule has 0 fully saturated rings. The topological polar surface area (TPSA) is 66.5 Å². The van der Waals surface area contributed by atoms with Crippen LogP contribution in [0.5, 0.6) is 0 Å². The largest absolute Gasteiger partial charge is 0.341 e. The third kappa shape index (κ3) is 2.70. The van der Waals surface area contributed by atoms with E-state index in [1.807, 2.05) is 13.1 Å². The van der Waals surface area contributed by atoms with Crippen molar-refractivity contribution >= 4 is 38.9 Å². The van der Waals surface area contributed by atoms with Crippen LogP contribution in [-0.2, 0) is 6.54 Å². The van der Waals surface area contributed by atoms with Crippen molar-refractivity contribution in [2.45, 2.75) is 16.5 Å². The Morgan fingerprint density at radius 2 is 2.20 bits per heavy atom. The number of nitrogens with one attached hydrogen (secondary N) is 2. The van der Waals surface area contributed by atoms with Gasteiger partial charge in [-0.3, -0.25) is 0 Å². The second kappa shape index (κ2) is 5.90. The van der Waals surface area contributed by atoms with Crippen molar-refractivity contribution < 1.29 is 0 Å². The fraction of sp³-hybridized carbons (Fsp3) is 0.154. The Balaban J connectivity index is 2.00. The van der Waals surface area contributed by atoms with E-state index >= 15 is 0 Å². The van der Waals surface area contributed by atoms with Gasteiger partial charge in [0.15, 0.2) is 5.65 Å². The smallest absolute Gasteiger partial charge is 0.181 e. The molecule has 102 valence electrons. The molecule has 2 N–H and O–H groups in total. The number of halogens is 1. The van der Waals surface area contributed by atoms with Crippen molar-refractivity contribution in [1.82, 2.24) is 25.3 Å². The maximum atomic E-state index is 4.35. The zero-order chi connectivity index (χ0) is 13.9. The highest BCUT2D eigenvalue weighted by atomic mass is 79.9. The molecule has 0 spiro atoms. The number of hydrogen-bond acceptors (Lipinski definition) is 5. The third-order valence-electron chi connectivity index (χ3n) is 2.78.